The Kier molecular flexibility index (Phi) is 5.76. The van der Waals surface area contributed by atoms with Crippen molar-refractivity contribution >= 4 is 11.7 Å². The normalized spacial score (nSPS) is 35.1. The largest absolute Gasteiger partial charge is 0.417 e. The molecule has 0 aromatic carbocycles. The molecule has 4 saturated carbocycles. The number of hydrogen-bond donors (Lipinski definition) is 3. The fraction of sp³-hybridized carbons (Fsp3) is 0.708. The van der Waals surface area contributed by atoms with Crippen LogP contribution in [-0.4, -0.2) is 58.6 Å². The van der Waals surface area contributed by atoms with Gasteiger partial charge in [0.2, 0.25) is 0 Å². The number of nitrogens with one attached hydrogen (secondary N) is 1. The van der Waals surface area contributed by atoms with Crippen molar-refractivity contribution in [3.05, 3.63) is 23.9 Å². The molecular formula is C24H31F3N6O. The van der Waals surface area contributed by atoms with Gasteiger partial charge in [-0.05, 0) is 67.9 Å². The monoisotopic (exact) mass is 476 g/mol. The van der Waals surface area contributed by atoms with Gasteiger partial charge in [0.1, 0.15) is 11.7 Å². The van der Waals surface area contributed by atoms with Crippen molar-refractivity contribution in [3.8, 4) is 6.07 Å². The lowest BCUT2D eigenvalue weighted by Crippen LogP contribution is -2.62. The molecule has 1 aromatic rings. The zero-order valence-electron chi connectivity index (χ0n) is 19.0. The third-order valence-electron chi connectivity index (χ3n) is 8.64. The van der Waals surface area contributed by atoms with Gasteiger partial charge in [-0.1, -0.05) is 0 Å². The average molecular weight is 477 g/mol. The first-order chi connectivity index (χ1) is 16.1. The minimum Gasteiger partial charge on any atom is -0.390 e. The van der Waals surface area contributed by atoms with E-state index in [0.717, 1.165) is 44.4 Å². The van der Waals surface area contributed by atoms with Gasteiger partial charge in [0.05, 0.1) is 29.2 Å². The molecule has 10 heteroatoms. The Bertz CT molecular complexity index is 952. The highest BCUT2D eigenvalue weighted by Crippen LogP contribution is 2.60. The van der Waals surface area contributed by atoms with E-state index >= 15 is 0 Å². The summed E-state index contributed by atoms with van der Waals surface area (Å²) < 4.78 is 38.5. The minimum absolute atomic E-state index is 0.0137. The number of halogens is 3. The fourth-order valence-electron chi connectivity index (χ4n) is 7.56. The van der Waals surface area contributed by atoms with E-state index < -0.39 is 29.3 Å². The molecule has 4 N–H and O–H groups in total. The Morgan fingerprint density at radius 1 is 1.18 bits per heavy atom. The molecule has 0 spiro atoms. The maximum absolute atomic E-state index is 12.8. The second-order valence-corrected chi connectivity index (χ2v) is 10.8. The van der Waals surface area contributed by atoms with Gasteiger partial charge in [-0.15, -0.1) is 0 Å². The van der Waals surface area contributed by atoms with E-state index in [1.165, 1.54) is 6.07 Å². The SMILES string of the molecule is N#CC(C1C2CC3CC1CC(O)(C3)C2)C(C(=N)N)N1CCN(c2ccc(C(F)(F)F)cn2)CC1. The summed E-state index contributed by atoms with van der Waals surface area (Å²) in [5.74, 6) is 1.31. The molecule has 184 valence electrons. The number of pyridine rings is 1. The Hall–Kier alpha value is -2.38. The molecule has 1 saturated heterocycles. The number of aromatic nitrogens is 1. The molecule has 5 aliphatic rings. The number of piperazine rings is 1. The van der Waals surface area contributed by atoms with Crippen LogP contribution >= 0.6 is 0 Å². The Morgan fingerprint density at radius 3 is 2.29 bits per heavy atom. The van der Waals surface area contributed by atoms with Crippen LogP contribution in [0, 0.1) is 46.3 Å². The van der Waals surface area contributed by atoms with Crippen LogP contribution in [0.5, 0.6) is 0 Å². The summed E-state index contributed by atoms with van der Waals surface area (Å²) in [5, 5.41) is 29.5. The van der Waals surface area contributed by atoms with Gasteiger partial charge in [0, 0.05) is 32.4 Å². The second-order valence-electron chi connectivity index (χ2n) is 10.8. The number of nitrogens with two attached hydrogens (primary N) is 1. The molecule has 4 unspecified atom stereocenters. The summed E-state index contributed by atoms with van der Waals surface area (Å²) in [6.07, 6.45) is 0.867. The van der Waals surface area contributed by atoms with Gasteiger partial charge in [0.15, 0.2) is 0 Å². The molecule has 0 amide bonds. The van der Waals surface area contributed by atoms with E-state index in [2.05, 4.69) is 16.0 Å². The van der Waals surface area contributed by atoms with E-state index in [1.54, 1.807) is 0 Å². The van der Waals surface area contributed by atoms with Crippen molar-refractivity contribution in [2.24, 2.45) is 35.3 Å². The highest BCUT2D eigenvalue weighted by molar-refractivity contribution is 5.83. The molecule has 4 aliphatic carbocycles. The maximum Gasteiger partial charge on any atom is 0.417 e. The molecule has 6 rings (SSSR count). The number of nitriles is 1. The van der Waals surface area contributed by atoms with Crippen LogP contribution < -0.4 is 10.6 Å². The summed E-state index contributed by atoms with van der Waals surface area (Å²) in [4.78, 5) is 8.00. The quantitative estimate of drug-likeness (QED) is 0.445. The van der Waals surface area contributed by atoms with Crippen LogP contribution in [0.3, 0.4) is 0 Å². The highest BCUT2D eigenvalue weighted by atomic mass is 19.4. The van der Waals surface area contributed by atoms with Crippen LogP contribution in [0.4, 0.5) is 19.0 Å². The summed E-state index contributed by atoms with van der Waals surface area (Å²) in [6.45, 7) is 2.14. The number of anilines is 1. The predicted octanol–water partition coefficient (Wildman–Crippen LogP) is 2.85. The number of alkyl halides is 3. The summed E-state index contributed by atoms with van der Waals surface area (Å²) in [5.41, 5.74) is 4.72. The third kappa shape index (κ3) is 4.13. The van der Waals surface area contributed by atoms with Gasteiger partial charge in [-0.2, -0.15) is 18.4 Å². The second kappa shape index (κ2) is 8.38. The smallest absolute Gasteiger partial charge is 0.390 e. The van der Waals surface area contributed by atoms with E-state index in [1.807, 2.05) is 4.90 Å². The summed E-state index contributed by atoms with van der Waals surface area (Å²) in [7, 11) is 0. The van der Waals surface area contributed by atoms with Crippen LogP contribution in [0.2, 0.25) is 0 Å². The van der Waals surface area contributed by atoms with Gasteiger partial charge in [-0.25, -0.2) is 4.98 Å². The molecule has 4 atom stereocenters. The van der Waals surface area contributed by atoms with Crippen molar-refractivity contribution in [1.29, 1.82) is 10.7 Å². The van der Waals surface area contributed by atoms with E-state index in [0.29, 0.717) is 49.8 Å². The van der Waals surface area contributed by atoms with E-state index in [-0.39, 0.29) is 11.8 Å². The molecule has 5 fully saturated rings. The van der Waals surface area contributed by atoms with Crippen molar-refractivity contribution in [2.45, 2.75) is 49.9 Å². The molecule has 2 heterocycles. The number of nitrogens with zero attached hydrogens (tertiary/aromatic N) is 4. The Morgan fingerprint density at radius 2 is 1.82 bits per heavy atom. The lowest BCUT2D eigenvalue weighted by molar-refractivity contribution is -0.161. The van der Waals surface area contributed by atoms with E-state index in [9.17, 15) is 23.5 Å². The van der Waals surface area contributed by atoms with Crippen LogP contribution in [0.1, 0.15) is 37.7 Å². The number of rotatable bonds is 5. The van der Waals surface area contributed by atoms with Crippen molar-refractivity contribution in [2.75, 3.05) is 31.1 Å². The van der Waals surface area contributed by atoms with Gasteiger partial charge < -0.3 is 15.7 Å². The van der Waals surface area contributed by atoms with Crippen molar-refractivity contribution in [1.82, 2.24) is 9.88 Å². The lowest BCUT2D eigenvalue weighted by Gasteiger charge is -2.60. The number of aliphatic hydroxyl groups is 1. The molecule has 4 bridgehead atoms. The first-order valence-electron chi connectivity index (χ1n) is 12.1. The predicted molar refractivity (Wildman–Crippen MR) is 120 cm³/mol. The lowest BCUT2D eigenvalue weighted by atomic mass is 9.47. The number of hydrogen-bond acceptors (Lipinski definition) is 6. The van der Waals surface area contributed by atoms with Crippen LogP contribution in [0.15, 0.2) is 18.3 Å². The highest BCUT2D eigenvalue weighted by Gasteiger charge is 2.58. The van der Waals surface area contributed by atoms with Crippen molar-refractivity contribution < 1.29 is 18.3 Å². The maximum atomic E-state index is 12.8. The molecular weight excluding hydrogens is 445 g/mol. The van der Waals surface area contributed by atoms with Crippen LogP contribution in [-0.2, 0) is 6.18 Å². The molecule has 7 nitrogen and oxygen atoms in total. The number of amidine groups is 1. The summed E-state index contributed by atoms with van der Waals surface area (Å²) >= 11 is 0. The molecule has 1 aliphatic heterocycles. The zero-order valence-corrected chi connectivity index (χ0v) is 19.0. The molecule has 0 radical (unpaired) electrons. The average Bonchev–Trinajstić information content (AvgIpc) is 2.76. The third-order valence-corrected chi connectivity index (χ3v) is 8.64. The van der Waals surface area contributed by atoms with Gasteiger partial charge in [0.25, 0.3) is 0 Å². The first-order valence-corrected chi connectivity index (χ1v) is 12.1. The topological polar surface area (TPSA) is 113 Å². The molecule has 34 heavy (non-hydrogen) atoms. The first kappa shape index (κ1) is 23.4. The van der Waals surface area contributed by atoms with E-state index in [4.69, 9.17) is 11.1 Å². The van der Waals surface area contributed by atoms with Gasteiger partial charge >= 0.3 is 6.18 Å². The molecule has 1 aromatic heterocycles. The van der Waals surface area contributed by atoms with Crippen LogP contribution in [0.25, 0.3) is 0 Å². The summed E-state index contributed by atoms with van der Waals surface area (Å²) in [6, 6.07) is 4.44. The standard InChI is InChI=1S/C24H31F3N6O/c25-24(26,27)17-1-2-19(31-13-17)32-3-5-33(6-4-32)21(22(29)30)18(12-28)20-15-7-14-8-16(20)11-23(34,9-14)10-15/h1-2,13-16,18,20-21,34H,3-11H2,(H3,29,30). The Balaban J connectivity index is 1.29. The Labute approximate surface area is 197 Å². The van der Waals surface area contributed by atoms with Gasteiger partial charge in [-0.3, -0.25) is 10.3 Å². The zero-order chi connectivity index (χ0) is 24.3. The van der Waals surface area contributed by atoms with Crippen molar-refractivity contribution in [3.63, 3.8) is 0 Å². The fourth-order valence-corrected chi connectivity index (χ4v) is 7.56. The minimum atomic E-state index is -4.42.